The minimum absolute atomic E-state index is 0.829. The second kappa shape index (κ2) is 2.73. The zero-order valence-electron chi connectivity index (χ0n) is 7.16. The first-order chi connectivity index (χ1) is 5.27. The Labute approximate surface area is 68.1 Å². The number of piperidine rings is 1. The molecule has 0 spiro atoms. The van der Waals surface area contributed by atoms with Crippen molar-refractivity contribution >= 4 is 0 Å². The van der Waals surface area contributed by atoms with Crippen molar-refractivity contribution in [2.45, 2.75) is 18.9 Å². The average molecular weight is 155 g/mol. The number of rotatable bonds is 0. The zero-order chi connectivity index (χ0) is 7.84. The Bertz CT molecular complexity index is 148. The smallest absolute Gasteiger partial charge is 0.0172 e. The van der Waals surface area contributed by atoms with Gasteiger partial charge in [-0.15, -0.1) is 0 Å². The van der Waals surface area contributed by atoms with E-state index in [4.69, 9.17) is 5.84 Å². The number of nitrogens with two attached hydrogens (primary N) is 1. The molecule has 0 aromatic rings. The van der Waals surface area contributed by atoms with Crippen molar-refractivity contribution in [3.63, 3.8) is 0 Å². The first-order valence-corrected chi connectivity index (χ1v) is 4.47. The molecule has 2 unspecified atom stereocenters. The van der Waals surface area contributed by atoms with Gasteiger partial charge in [0.25, 0.3) is 0 Å². The van der Waals surface area contributed by atoms with E-state index in [-0.39, 0.29) is 0 Å². The number of hydrazine groups is 1. The molecule has 0 bridgehead atoms. The Hall–Kier alpha value is -0.120. The topological polar surface area (TPSA) is 32.5 Å². The van der Waals surface area contributed by atoms with E-state index in [2.05, 4.69) is 11.9 Å². The molecule has 0 saturated carbocycles. The average Bonchev–Trinajstić information content (AvgIpc) is 2.32. The Morgan fingerprint density at radius 2 is 2.09 bits per heavy atom. The molecule has 0 amide bonds. The van der Waals surface area contributed by atoms with Gasteiger partial charge in [0.1, 0.15) is 0 Å². The third kappa shape index (κ3) is 1.28. The normalized spacial score (nSPS) is 40.9. The fourth-order valence-electron chi connectivity index (χ4n) is 2.45. The lowest BCUT2D eigenvalue weighted by Gasteiger charge is -2.34. The van der Waals surface area contributed by atoms with Crippen LogP contribution in [0.4, 0.5) is 0 Å². The maximum atomic E-state index is 5.75. The SMILES string of the molecule is CN1CCC2CN(N)CCC21. The second-order valence-electron chi connectivity index (χ2n) is 3.88. The van der Waals surface area contributed by atoms with E-state index in [1.807, 2.05) is 5.01 Å². The van der Waals surface area contributed by atoms with Gasteiger partial charge in [0.05, 0.1) is 0 Å². The second-order valence-corrected chi connectivity index (χ2v) is 3.88. The van der Waals surface area contributed by atoms with Gasteiger partial charge in [-0.25, -0.2) is 5.01 Å². The van der Waals surface area contributed by atoms with Crippen LogP contribution in [0.3, 0.4) is 0 Å². The molecule has 0 aliphatic carbocycles. The summed E-state index contributed by atoms with van der Waals surface area (Å²) in [4.78, 5) is 2.48. The first kappa shape index (κ1) is 7.53. The Morgan fingerprint density at radius 3 is 2.91 bits per heavy atom. The molecule has 3 nitrogen and oxygen atoms in total. The molecule has 2 N–H and O–H groups in total. The summed E-state index contributed by atoms with van der Waals surface area (Å²) in [6, 6.07) is 0.829. The lowest BCUT2D eigenvalue weighted by Crippen LogP contribution is -2.47. The van der Waals surface area contributed by atoms with E-state index in [1.165, 1.54) is 19.4 Å². The van der Waals surface area contributed by atoms with Gasteiger partial charge in [-0.05, 0) is 32.4 Å². The van der Waals surface area contributed by atoms with Gasteiger partial charge < -0.3 is 4.90 Å². The Kier molecular flexibility index (Phi) is 1.87. The van der Waals surface area contributed by atoms with Crippen LogP contribution in [0.1, 0.15) is 12.8 Å². The zero-order valence-corrected chi connectivity index (χ0v) is 7.16. The van der Waals surface area contributed by atoms with Crippen molar-refractivity contribution in [1.82, 2.24) is 9.91 Å². The standard InChI is InChI=1S/C8H17N3/c1-10-4-2-7-6-11(9)5-3-8(7)10/h7-8H,2-6,9H2,1H3. The molecule has 0 aromatic heterocycles. The lowest BCUT2D eigenvalue weighted by molar-refractivity contribution is 0.125. The first-order valence-electron chi connectivity index (χ1n) is 4.47. The molecule has 2 atom stereocenters. The summed E-state index contributed by atoms with van der Waals surface area (Å²) in [5.74, 6) is 6.60. The number of hydrogen-bond donors (Lipinski definition) is 1. The Balaban J connectivity index is 2.00. The molecule has 3 heteroatoms. The van der Waals surface area contributed by atoms with Crippen LogP contribution in [0.5, 0.6) is 0 Å². The predicted octanol–water partition coefficient (Wildman–Crippen LogP) is -0.114. The van der Waals surface area contributed by atoms with Crippen LogP contribution < -0.4 is 5.84 Å². The van der Waals surface area contributed by atoms with Crippen molar-refractivity contribution in [3.8, 4) is 0 Å². The van der Waals surface area contributed by atoms with Crippen LogP contribution >= 0.6 is 0 Å². The van der Waals surface area contributed by atoms with E-state index >= 15 is 0 Å². The molecule has 2 aliphatic rings. The van der Waals surface area contributed by atoms with Crippen molar-refractivity contribution in [2.75, 3.05) is 26.7 Å². The summed E-state index contributed by atoms with van der Waals surface area (Å²) in [6.07, 6.45) is 2.60. The summed E-state index contributed by atoms with van der Waals surface area (Å²) in [7, 11) is 2.23. The lowest BCUT2D eigenvalue weighted by atomic mass is 9.94. The summed E-state index contributed by atoms with van der Waals surface area (Å²) >= 11 is 0. The van der Waals surface area contributed by atoms with Gasteiger partial charge in [0.2, 0.25) is 0 Å². The third-order valence-corrected chi connectivity index (χ3v) is 3.14. The monoisotopic (exact) mass is 155 g/mol. The quantitative estimate of drug-likeness (QED) is 0.495. The van der Waals surface area contributed by atoms with Gasteiger partial charge in [0.15, 0.2) is 0 Å². The number of fused-ring (bicyclic) bond motifs is 1. The van der Waals surface area contributed by atoms with E-state index in [0.717, 1.165) is 25.0 Å². The van der Waals surface area contributed by atoms with E-state index < -0.39 is 0 Å². The maximum Gasteiger partial charge on any atom is 0.0172 e. The minimum Gasteiger partial charge on any atom is -0.303 e. The molecule has 2 aliphatic heterocycles. The van der Waals surface area contributed by atoms with Crippen molar-refractivity contribution in [3.05, 3.63) is 0 Å². The molecular formula is C8H17N3. The highest BCUT2D eigenvalue weighted by Crippen LogP contribution is 2.28. The van der Waals surface area contributed by atoms with Gasteiger partial charge in [0, 0.05) is 19.1 Å². The summed E-state index contributed by atoms with van der Waals surface area (Å²) in [5.41, 5.74) is 0. The molecule has 0 radical (unpaired) electrons. The fraction of sp³-hybridized carbons (Fsp3) is 1.00. The van der Waals surface area contributed by atoms with Crippen molar-refractivity contribution in [2.24, 2.45) is 11.8 Å². The predicted molar refractivity (Wildman–Crippen MR) is 44.9 cm³/mol. The van der Waals surface area contributed by atoms with Gasteiger partial charge >= 0.3 is 0 Å². The van der Waals surface area contributed by atoms with Crippen LogP contribution in [-0.2, 0) is 0 Å². The largest absolute Gasteiger partial charge is 0.303 e. The van der Waals surface area contributed by atoms with E-state index in [1.54, 1.807) is 0 Å². The number of hydrogen-bond acceptors (Lipinski definition) is 3. The molecule has 2 fully saturated rings. The summed E-state index contributed by atoms with van der Waals surface area (Å²) < 4.78 is 0. The maximum absolute atomic E-state index is 5.75. The minimum atomic E-state index is 0.829. The van der Waals surface area contributed by atoms with Crippen LogP contribution in [0.2, 0.25) is 0 Å². The Morgan fingerprint density at radius 1 is 1.27 bits per heavy atom. The molecule has 2 heterocycles. The molecule has 2 saturated heterocycles. The van der Waals surface area contributed by atoms with E-state index in [0.29, 0.717) is 0 Å². The van der Waals surface area contributed by atoms with Crippen molar-refractivity contribution < 1.29 is 0 Å². The van der Waals surface area contributed by atoms with Crippen molar-refractivity contribution in [1.29, 1.82) is 0 Å². The van der Waals surface area contributed by atoms with Crippen LogP contribution in [-0.4, -0.2) is 42.6 Å². The highest BCUT2D eigenvalue weighted by atomic mass is 15.4. The molecule has 2 rings (SSSR count). The van der Waals surface area contributed by atoms with Gasteiger partial charge in [-0.3, -0.25) is 5.84 Å². The summed E-state index contributed by atoms with van der Waals surface area (Å²) in [5, 5.41) is 1.97. The van der Waals surface area contributed by atoms with Gasteiger partial charge in [-0.2, -0.15) is 0 Å². The van der Waals surface area contributed by atoms with Crippen LogP contribution in [0, 0.1) is 5.92 Å². The third-order valence-electron chi connectivity index (χ3n) is 3.14. The molecule has 64 valence electrons. The highest BCUT2D eigenvalue weighted by Gasteiger charge is 2.35. The summed E-state index contributed by atoms with van der Waals surface area (Å²) in [6.45, 7) is 3.45. The van der Waals surface area contributed by atoms with Crippen LogP contribution in [0.15, 0.2) is 0 Å². The van der Waals surface area contributed by atoms with E-state index in [9.17, 15) is 0 Å². The number of nitrogens with zero attached hydrogens (tertiary/aromatic N) is 2. The molecule has 11 heavy (non-hydrogen) atoms. The fourth-order valence-corrected chi connectivity index (χ4v) is 2.45. The molecule has 0 aromatic carbocycles. The number of likely N-dealkylation sites (tertiary alicyclic amines) is 1. The highest BCUT2D eigenvalue weighted by molar-refractivity contribution is 4.89. The van der Waals surface area contributed by atoms with Gasteiger partial charge in [-0.1, -0.05) is 0 Å². The molecular weight excluding hydrogens is 138 g/mol. The van der Waals surface area contributed by atoms with Crippen LogP contribution in [0.25, 0.3) is 0 Å².